The van der Waals surface area contributed by atoms with Crippen molar-refractivity contribution in [1.82, 2.24) is 5.32 Å². The fraction of sp³-hybridized carbons (Fsp3) is 0.833. The van der Waals surface area contributed by atoms with Gasteiger partial charge < -0.3 is 10.1 Å². The Hall–Kier alpha value is -0.340. The van der Waals surface area contributed by atoms with Crippen LogP contribution in [0.3, 0.4) is 0 Å². The van der Waals surface area contributed by atoms with Crippen LogP contribution < -0.4 is 5.32 Å². The zero-order valence-electron chi connectivity index (χ0n) is 9.35. The Labute approximate surface area is 87.7 Å². The maximum Gasteiger partial charge on any atom is 0.0694 e. The fourth-order valence-corrected chi connectivity index (χ4v) is 1.89. The molecule has 0 atom stereocenters. The molecule has 0 aliphatic heterocycles. The second-order valence-electron chi connectivity index (χ2n) is 4.07. The predicted molar refractivity (Wildman–Crippen MR) is 60.5 cm³/mol. The molecule has 1 saturated carbocycles. The number of nitrogens with one attached hydrogen (secondary N) is 1. The van der Waals surface area contributed by atoms with Crippen LogP contribution in [-0.2, 0) is 4.74 Å². The van der Waals surface area contributed by atoms with Gasteiger partial charge in [-0.25, -0.2) is 0 Å². The molecular formula is C12H23NO. The Bertz CT molecular complexity index is 164. The average Bonchev–Trinajstić information content (AvgIpc) is 2.13. The van der Waals surface area contributed by atoms with Gasteiger partial charge in [-0.2, -0.15) is 0 Å². The second-order valence-corrected chi connectivity index (χ2v) is 4.07. The molecule has 1 aliphatic rings. The topological polar surface area (TPSA) is 21.3 Å². The van der Waals surface area contributed by atoms with Crippen molar-refractivity contribution in [2.45, 2.75) is 44.6 Å². The lowest BCUT2D eigenvalue weighted by molar-refractivity contribution is -0.102. The Morgan fingerprint density at radius 3 is 2.79 bits per heavy atom. The predicted octanol–water partition coefficient (Wildman–Crippen LogP) is 2.50. The van der Waals surface area contributed by atoms with E-state index in [1.165, 1.54) is 19.3 Å². The molecule has 0 bridgehead atoms. The molecule has 0 aromatic carbocycles. The highest BCUT2D eigenvalue weighted by Crippen LogP contribution is 2.38. The number of rotatable bonds is 8. The summed E-state index contributed by atoms with van der Waals surface area (Å²) in [5.41, 5.74) is 0.213. The fourth-order valence-electron chi connectivity index (χ4n) is 1.89. The molecule has 1 fully saturated rings. The zero-order chi connectivity index (χ0) is 10.3. The van der Waals surface area contributed by atoms with Crippen molar-refractivity contribution in [2.75, 3.05) is 19.7 Å². The molecule has 0 aromatic rings. The van der Waals surface area contributed by atoms with E-state index >= 15 is 0 Å². The third-order valence-electron chi connectivity index (χ3n) is 3.00. The summed E-state index contributed by atoms with van der Waals surface area (Å²) in [4.78, 5) is 0. The van der Waals surface area contributed by atoms with Crippen molar-refractivity contribution < 1.29 is 4.74 Å². The van der Waals surface area contributed by atoms with Crippen molar-refractivity contribution in [1.29, 1.82) is 0 Å². The van der Waals surface area contributed by atoms with Gasteiger partial charge in [-0.05, 0) is 45.2 Å². The first kappa shape index (κ1) is 11.7. The number of ether oxygens (including phenoxy) is 1. The van der Waals surface area contributed by atoms with Gasteiger partial charge in [0, 0.05) is 0 Å². The van der Waals surface area contributed by atoms with Gasteiger partial charge in [0.25, 0.3) is 0 Å². The van der Waals surface area contributed by atoms with Crippen LogP contribution in [0.5, 0.6) is 0 Å². The molecule has 2 heteroatoms. The Balaban J connectivity index is 2.16. The van der Waals surface area contributed by atoms with Crippen molar-refractivity contribution in [2.24, 2.45) is 0 Å². The summed E-state index contributed by atoms with van der Waals surface area (Å²) >= 11 is 0. The second kappa shape index (κ2) is 6.20. The van der Waals surface area contributed by atoms with Gasteiger partial charge in [0.15, 0.2) is 0 Å². The van der Waals surface area contributed by atoms with Crippen LogP contribution in [0.1, 0.15) is 39.0 Å². The quantitative estimate of drug-likeness (QED) is 0.477. The standard InChI is InChI=1S/C12H23NO/c1-3-5-11-14-12(7-6-8-12)9-10-13-4-2/h3,13H,1,4-11H2,2H3. The van der Waals surface area contributed by atoms with E-state index in [4.69, 9.17) is 4.74 Å². The SMILES string of the molecule is C=CCCOC1(CCNCC)CCC1. The van der Waals surface area contributed by atoms with E-state index in [0.717, 1.165) is 32.5 Å². The van der Waals surface area contributed by atoms with Crippen LogP contribution in [0.4, 0.5) is 0 Å². The molecule has 0 heterocycles. The summed E-state index contributed by atoms with van der Waals surface area (Å²) in [6.45, 7) is 8.84. The molecule has 1 N–H and O–H groups in total. The van der Waals surface area contributed by atoms with Gasteiger partial charge in [0.1, 0.15) is 0 Å². The van der Waals surface area contributed by atoms with Gasteiger partial charge in [0.2, 0.25) is 0 Å². The summed E-state index contributed by atoms with van der Waals surface area (Å²) in [5, 5.41) is 3.36. The lowest BCUT2D eigenvalue weighted by atomic mass is 9.77. The molecule has 0 amide bonds. The first-order valence-corrected chi connectivity index (χ1v) is 5.78. The van der Waals surface area contributed by atoms with Crippen LogP contribution in [-0.4, -0.2) is 25.3 Å². The van der Waals surface area contributed by atoms with E-state index in [-0.39, 0.29) is 5.60 Å². The van der Waals surface area contributed by atoms with Crippen LogP contribution in [0.2, 0.25) is 0 Å². The van der Waals surface area contributed by atoms with Gasteiger partial charge in [-0.15, -0.1) is 6.58 Å². The van der Waals surface area contributed by atoms with Gasteiger partial charge in [0.05, 0.1) is 12.2 Å². The summed E-state index contributed by atoms with van der Waals surface area (Å²) in [6, 6.07) is 0. The molecule has 1 aliphatic carbocycles. The van der Waals surface area contributed by atoms with Gasteiger partial charge >= 0.3 is 0 Å². The first-order chi connectivity index (χ1) is 6.83. The van der Waals surface area contributed by atoms with Crippen LogP contribution >= 0.6 is 0 Å². The molecule has 2 nitrogen and oxygen atoms in total. The maximum atomic E-state index is 5.94. The third kappa shape index (κ3) is 3.43. The smallest absolute Gasteiger partial charge is 0.0694 e. The Morgan fingerprint density at radius 1 is 1.50 bits per heavy atom. The van der Waals surface area contributed by atoms with Crippen molar-refractivity contribution in [3.8, 4) is 0 Å². The molecule has 0 aromatic heterocycles. The van der Waals surface area contributed by atoms with E-state index in [1.807, 2.05) is 6.08 Å². The summed E-state index contributed by atoms with van der Waals surface area (Å²) < 4.78 is 5.94. The highest BCUT2D eigenvalue weighted by Gasteiger charge is 2.36. The third-order valence-corrected chi connectivity index (χ3v) is 3.00. The summed E-state index contributed by atoms with van der Waals surface area (Å²) in [5.74, 6) is 0. The van der Waals surface area contributed by atoms with Crippen LogP contribution in [0.25, 0.3) is 0 Å². The molecule has 0 unspecified atom stereocenters. The maximum absolute atomic E-state index is 5.94. The van der Waals surface area contributed by atoms with Crippen molar-refractivity contribution in [3.05, 3.63) is 12.7 Å². The average molecular weight is 197 g/mol. The molecular weight excluding hydrogens is 174 g/mol. The summed E-state index contributed by atoms with van der Waals surface area (Å²) in [7, 11) is 0. The highest BCUT2D eigenvalue weighted by molar-refractivity contribution is 4.90. The lowest BCUT2D eigenvalue weighted by Crippen LogP contribution is -2.42. The van der Waals surface area contributed by atoms with E-state index in [1.54, 1.807) is 0 Å². The first-order valence-electron chi connectivity index (χ1n) is 5.78. The highest BCUT2D eigenvalue weighted by atomic mass is 16.5. The van der Waals surface area contributed by atoms with Crippen LogP contribution in [0.15, 0.2) is 12.7 Å². The largest absolute Gasteiger partial charge is 0.375 e. The van der Waals surface area contributed by atoms with Crippen molar-refractivity contribution in [3.63, 3.8) is 0 Å². The molecule has 0 saturated heterocycles. The Morgan fingerprint density at radius 2 is 2.29 bits per heavy atom. The van der Waals surface area contributed by atoms with Gasteiger partial charge in [-0.1, -0.05) is 13.0 Å². The van der Waals surface area contributed by atoms with E-state index < -0.39 is 0 Å². The molecule has 14 heavy (non-hydrogen) atoms. The van der Waals surface area contributed by atoms with E-state index in [0.29, 0.717) is 0 Å². The Kier molecular flexibility index (Phi) is 5.20. The van der Waals surface area contributed by atoms with Crippen molar-refractivity contribution >= 4 is 0 Å². The molecule has 1 rings (SSSR count). The number of hydrogen-bond acceptors (Lipinski definition) is 2. The van der Waals surface area contributed by atoms with Gasteiger partial charge in [-0.3, -0.25) is 0 Å². The minimum absolute atomic E-state index is 0.213. The van der Waals surface area contributed by atoms with E-state index in [2.05, 4.69) is 18.8 Å². The normalized spacial score (nSPS) is 18.9. The minimum Gasteiger partial charge on any atom is -0.375 e. The molecule has 0 radical (unpaired) electrons. The monoisotopic (exact) mass is 197 g/mol. The number of hydrogen-bond donors (Lipinski definition) is 1. The lowest BCUT2D eigenvalue weighted by Gasteiger charge is -2.42. The van der Waals surface area contributed by atoms with Crippen LogP contribution in [0, 0.1) is 0 Å². The van der Waals surface area contributed by atoms with E-state index in [9.17, 15) is 0 Å². The summed E-state index contributed by atoms with van der Waals surface area (Å²) in [6.07, 6.45) is 7.89. The molecule has 82 valence electrons. The molecule has 0 spiro atoms. The minimum atomic E-state index is 0.213. The zero-order valence-corrected chi connectivity index (χ0v) is 9.35.